The number of nitrogens with zero attached hydrogens (tertiary/aromatic N) is 2. The normalized spacial score (nSPS) is 23.4. The number of aromatic nitrogens is 2. The van der Waals surface area contributed by atoms with E-state index in [1.807, 2.05) is 0 Å². The fraction of sp³-hybridized carbons (Fsp3) is 0.667. The van der Waals surface area contributed by atoms with Gasteiger partial charge in [0.1, 0.15) is 12.2 Å². The lowest BCUT2D eigenvalue weighted by molar-refractivity contribution is -0.129. The van der Waals surface area contributed by atoms with Gasteiger partial charge in [-0.2, -0.15) is 4.98 Å². The summed E-state index contributed by atoms with van der Waals surface area (Å²) in [5, 5.41) is 30.3. The highest BCUT2D eigenvalue weighted by atomic mass is 19.1. The average Bonchev–Trinajstić information content (AvgIpc) is 2.96. The van der Waals surface area contributed by atoms with Crippen molar-refractivity contribution in [2.45, 2.75) is 76.4 Å². The van der Waals surface area contributed by atoms with Crippen LogP contribution in [0.1, 0.15) is 58.1 Å². The van der Waals surface area contributed by atoms with Crippen molar-refractivity contribution in [3.63, 3.8) is 0 Å². The van der Waals surface area contributed by atoms with Crippen LogP contribution in [0.4, 0.5) is 10.2 Å². The minimum Gasteiger partial charge on any atom is -0.388 e. The number of unbranched alkanes of at least 4 members (excludes halogenated alkanes) is 4. The van der Waals surface area contributed by atoms with Crippen LogP contribution >= 0.6 is 0 Å². The van der Waals surface area contributed by atoms with E-state index in [9.17, 15) is 29.0 Å². The fourth-order valence-corrected chi connectivity index (χ4v) is 3.12. The lowest BCUT2D eigenvalue weighted by Crippen LogP contribution is -2.36. The molecule has 0 radical (unpaired) electrons. The number of ether oxygens (including phenoxy) is 1. The molecule has 1 aliphatic heterocycles. The molecular formula is C18H27FN4O7. The van der Waals surface area contributed by atoms with Gasteiger partial charge in [0, 0.05) is 12.8 Å². The third-order valence-corrected chi connectivity index (χ3v) is 4.85. The van der Waals surface area contributed by atoms with Crippen LogP contribution in [-0.2, 0) is 14.3 Å². The van der Waals surface area contributed by atoms with Gasteiger partial charge in [-0.05, 0) is 19.8 Å². The number of hydrogen-bond acceptors (Lipinski definition) is 8. The van der Waals surface area contributed by atoms with Crippen molar-refractivity contribution >= 4 is 17.6 Å². The first-order chi connectivity index (χ1) is 14.2. The van der Waals surface area contributed by atoms with Crippen molar-refractivity contribution in [1.82, 2.24) is 15.0 Å². The summed E-state index contributed by atoms with van der Waals surface area (Å²) >= 11 is 0. The molecular weight excluding hydrogens is 403 g/mol. The Morgan fingerprint density at radius 3 is 2.30 bits per heavy atom. The number of carbonyl (C=O) groups excluding carboxylic acids is 2. The SMILES string of the molecule is CC1OC(n2cc(F)c(NC(=O)CCCCCCCC(=O)NO)nc2=O)C(O)C1O. The zero-order chi connectivity index (χ0) is 22.3. The molecule has 0 saturated carbocycles. The Morgan fingerprint density at radius 1 is 1.13 bits per heavy atom. The molecule has 0 aromatic carbocycles. The van der Waals surface area contributed by atoms with E-state index in [4.69, 9.17) is 9.94 Å². The molecule has 4 unspecified atom stereocenters. The number of aliphatic hydroxyl groups excluding tert-OH is 2. The first-order valence-corrected chi connectivity index (χ1v) is 9.77. The van der Waals surface area contributed by atoms with Crippen LogP contribution in [0, 0.1) is 5.82 Å². The summed E-state index contributed by atoms with van der Waals surface area (Å²) < 4.78 is 20.3. The maximum Gasteiger partial charge on any atom is 0.351 e. The molecule has 11 nitrogen and oxygen atoms in total. The van der Waals surface area contributed by atoms with Gasteiger partial charge in [-0.25, -0.2) is 14.7 Å². The van der Waals surface area contributed by atoms with Gasteiger partial charge in [0.2, 0.25) is 11.8 Å². The van der Waals surface area contributed by atoms with Crippen LogP contribution in [0.15, 0.2) is 11.0 Å². The molecule has 2 amide bonds. The van der Waals surface area contributed by atoms with E-state index in [-0.39, 0.29) is 12.8 Å². The predicted octanol–water partition coefficient (Wildman–Crippen LogP) is 0.196. The van der Waals surface area contributed by atoms with Gasteiger partial charge < -0.3 is 20.3 Å². The Kier molecular flexibility index (Phi) is 8.84. The molecule has 1 aromatic rings. The first-order valence-electron chi connectivity index (χ1n) is 9.77. The van der Waals surface area contributed by atoms with Crippen LogP contribution in [0.5, 0.6) is 0 Å². The topological polar surface area (TPSA) is 163 Å². The van der Waals surface area contributed by atoms with Crippen LogP contribution in [0.3, 0.4) is 0 Å². The Hall–Kier alpha value is -2.41. The molecule has 1 fully saturated rings. The standard InChI is InChI=1S/C18H27FN4O7/c1-10-14(26)15(27)17(30-10)23-9-11(19)16(21-18(23)28)20-12(24)7-5-3-2-4-6-8-13(25)22-29/h9-10,14-15,17,26-27,29H,2-8H2,1H3,(H,22,25)(H,20,21,24,28). The number of halogens is 1. The smallest absolute Gasteiger partial charge is 0.351 e. The highest BCUT2D eigenvalue weighted by Crippen LogP contribution is 2.28. The second-order valence-electron chi connectivity index (χ2n) is 7.19. The number of carbonyl (C=O) groups is 2. The summed E-state index contributed by atoms with van der Waals surface area (Å²) in [6.45, 7) is 1.50. The van der Waals surface area contributed by atoms with Gasteiger partial charge in [-0.15, -0.1) is 0 Å². The highest BCUT2D eigenvalue weighted by molar-refractivity contribution is 5.89. The predicted molar refractivity (Wildman–Crippen MR) is 101 cm³/mol. The molecule has 2 heterocycles. The Bertz CT molecular complexity index is 803. The number of rotatable bonds is 10. The van der Waals surface area contributed by atoms with Crippen molar-refractivity contribution in [3.05, 3.63) is 22.5 Å². The van der Waals surface area contributed by atoms with Crippen molar-refractivity contribution < 1.29 is 34.1 Å². The summed E-state index contributed by atoms with van der Waals surface area (Å²) in [5.41, 5.74) is 0.615. The molecule has 0 bridgehead atoms. The molecule has 1 saturated heterocycles. The van der Waals surface area contributed by atoms with E-state index >= 15 is 0 Å². The van der Waals surface area contributed by atoms with Gasteiger partial charge in [0.25, 0.3) is 0 Å². The van der Waals surface area contributed by atoms with Crippen LogP contribution in [0.2, 0.25) is 0 Å². The quantitative estimate of drug-likeness (QED) is 0.200. The highest BCUT2D eigenvalue weighted by Gasteiger charge is 2.42. The lowest BCUT2D eigenvalue weighted by Gasteiger charge is -2.17. The number of nitrogens with one attached hydrogen (secondary N) is 2. The van der Waals surface area contributed by atoms with Gasteiger partial charge >= 0.3 is 5.69 Å². The van der Waals surface area contributed by atoms with E-state index < -0.39 is 53.7 Å². The van der Waals surface area contributed by atoms with Gasteiger partial charge in [-0.1, -0.05) is 19.3 Å². The molecule has 12 heteroatoms. The molecule has 2 rings (SSSR count). The minimum atomic E-state index is -1.42. The number of anilines is 1. The molecule has 5 N–H and O–H groups in total. The number of aliphatic hydroxyl groups is 2. The Labute approximate surface area is 171 Å². The van der Waals surface area contributed by atoms with Gasteiger partial charge in [-0.3, -0.25) is 19.4 Å². The molecule has 4 atom stereocenters. The lowest BCUT2D eigenvalue weighted by atomic mass is 10.1. The van der Waals surface area contributed by atoms with Crippen LogP contribution in [-0.4, -0.2) is 55.1 Å². The van der Waals surface area contributed by atoms with E-state index in [0.717, 1.165) is 30.0 Å². The maximum absolute atomic E-state index is 14.3. The molecule has 30 heavy (non-hydrogen) atoms. The number of amides is 2. The van der Waals surface area contributed by atoms with Gasteiger partial charge in [0.15, 0.2) is 17.9 Å². The zero-order valence-corrected chi connectivity index (χ0v) is 16.6. The number of hydrogen-bond donors (Lipinski definition) is 5. The summed E-state index contributed by atoms with van der Waals surface area (Å²) in [4.78, 5) is 38.5. The maximum atomic E-state index is 14.3. The Morgan fingerprint density at radius 2 is 1.73 bits per heavy atom. The van der Waals surface area contributed by atoms with Crippen molar-refractivity contribution in [1.29, 1.82) is 0 Å². The van der Waals surface area contributed by atoms with Gasteiger partial charge in [0.05, 0.1) is 12.3 Å². The second-order valence-corrected chi connectivity index (χ2v) is 7.19. The summed E-state index contributed by atoms with van der Waals surface area (Å²) in [7, 11) is 0. The third-order valence-electron chi connectivity index (χ3n) is 4.85. The Balaban J connectivity index is 1.81. The molecule has 0 spiro atoms. The molecule has 1 aromatic heterocycles. The van der Waals surface area contributed by atoms with E-state index in [1.54, 1.807) is 5.48 Å². The minimum absolute atomic E-state index is 0.107. The van der Waals surface area contributed by atoms with E-state index in [1.165, 1.54) is 6.92 Å². The third kappa shape index (κ3) is 6.29. The van der Waals surface area contributed by atoms with E-state index in [2.05, 4.69) is 10.3 Å². The first kappa shape index (κ1) is 23.9. The second kappa shape index (κ2) is 11.1. The average molecular weight is 430 g/mol. The summed E-state index contributed by atoms with van der Waals surface area (Å²) in [6, 6.07) is 0. The molecule has 0 aliphatic carbocycles. The van der Waals surface area contributed by atoms with Crippen molar-refractivity contribution in [3.8, 4) is 0 Å². The fourth-order valence-electron chi connectivity index (χ4n) is 3.12. The monoisotopic (exact) mass is 430 g/mol. The van der Waals surface area contributed by atoms with Crippen LogP contribution in [0.25, 0.3) is 0 Å². The summed E-state index contributed by atoms with van der Waals surface area (Å²) in [6.07, 6.45) is -0.112. The summed E-state index contributed by atoms with van der Waals surface area (Å²) in [5.74, 6) is -2.43. The largest absolute Gasteiger partial charge is 0.388 e. The number of hydroxylamine groups is 1. The van der Waals surface area contributed by atoms with Crippen molar-refractivity contribution in [2.75, 3.05) is 5.32 Å². The van der Waals surface area contributed by atoms with Crippen molar-refractivity contribution in [2.24, 2.45) is 0 Å². The van der Waals surface area contributed by atoms with Crippen LogP contribution < -0.4 is 16.5 Å². The molecule has 168 valence electrons. The zero-order valence-electron chi connectivity index (χ0n) is 16.6. The molecule has 1 aliphatic rings. The van der Waals surface area contributed by atoms with E-state index in [0.29, 0.717) is 12.8 Å².